The summed E-state index contributed by atoms with van der Waals surface area (Å²) in [6.07, 6.45) is 0. The molecular weight excluding hydrogens is 416 g/mol. The number of hydrogen-bond acceptors (Lipinski definition) is 9. The molecule has 0 saturated carbocycles. The molecule has 2 aliphatic rings. The van der Waals surface area contributed by atoms with Crippen LogP contribution in [0.4, 0.5) is 27.9 Å². The van der Waals surface area contributed by atoms with Crippen LogP contribution in [0.2, 0.25) is 0 Å². The topological polar surface area (TPSA) is 113 Å². The molecule has 0 spiro atoms. The Hall–Kier alpha value is -3.18. The molecule has 3 aromatic rings. The average molecular weight is 441 g/mol. The number of rotatable bonds is 3. The predicted octanol–water partition coefficient (Wildman–Crippen LogP) is 1.86. The van der Waals surface area contributed by atoms with Gasteiger partial charge in [-0.15, -0.1) is 11.3 Å². The zero-order valence-electron chi connectivity index (χ0n) is 17.0. The van der Waals surface area contributed by atoms with E-state index in [-0.39, 0.29) is 12.0 Å². The summed E-state index contributed by atoms with van der Waals surface area (Å²) in [5.74, 6) is 0.981. The molecule has 0 aliphatic carbocycles. The average Bonchev–Trinajstić information content (AvgIpc) is 3.28. The van der Waals surface area contributed by atoms with Crippen LogP contribution in [-0.4, -0.2) is 78.4 Å². The Kier molecular flexibility index (Phi) is 5.43. The fraction of sp³-hybridized carbons (Fsp3) is 0.400. The van der Waals surface area contributed by atoms with Crippen molar-refractivity contribution in [1.82, 2.24) is 19.9 Å². The summed E-state index contributed by atoms with van der Waals surface area (Å²) in [6.45, 7) is 5.78. The van der Waals surface area contributed by atoms with E-state index in [1.165, 1.54) is 11.3 Å². The summed E-state index contributed by atoms with van der Waals surface area (Å²) in [4.78, 5) is 32.7. The van der Waals surface area contributed by atoms with Crippen LogP contribution in [0.5, 0.6) is 0 Å². The SMILES string of the molecule is Nc1nc(N2CCN(C(=O)Nc3ccc(N4CCOCC4)cc3)CC2)c2ncsc2n1. The predicted molar refractivity (Wildman–Crippen MR) is 122 cm³/mol. The Balaban J connectivity index is 1.19. The number of carbonyl (C=O) groups excluding carboxylic acids is 1. The molecule has 11 heteroatoms. The van der Waals surface area contributed by atoms with Crippen molar-refractivity contribution in [2.75, 3.05) is 73.3 Å². The number of piperazine rings is 1. The highest BCUT2D eigenvalue weighted by Crippen LogP contribution is 2.27. The van der Waals surface area contributed by atoms with E-state index in [0.29, 0.717) is 26.2 Å². The van der Waals surface area contributed by atoms with Gasteiger partial charge in [-0.3, -0.25) is 0 Å². The number of anilines is 4. The van der Waals surface area contributed by atoms with Gasteiger partial charge in [0.2, 0.25) is 5.95 Å². The molecule has 1 aromatic carbocycles. The summed E-state index contributed by atoms with van der Waals surface area (Å²) in [7, 11) is 0. The highest BCUT2D eigenvalue weighted by molar-refractivity contribution is 7.16. The second kappa shape index (κ2) is 8.52. The van der Waals surface area contributed by atoms with Crippen molar-refractivity contribution in [1.29, 1.82) is 0 Å². The van der Waals surface area contributed by atoms with Crippen LogP contribution >= 0.6 is 11.3 Å². The molecule has 0 atom stereocenters. The quantitative estimate of drug-likeness (QED) is 0.635. The first-order chi connectivity index (χ1) is 15.2. The lowest BCUT2D eigenvalue weighted by Crippen LogP contribution is -2.50. The zero-order chi connectivity index (χ0) is 21.2. The standard InChI is InChI=1S/C20H24N8O2S/c21-19-24-17(16-18(25-19)31-13-22-16)27-5-7-28(8-6-27)20(29)23-14-1-3-15(4-2-14)26-9-11-30-12-10-26/h1-4,13H,5-12H2,(H,23,29)(H2,21,24,25). The molecule has 0 unspecified atom stereocenters. The van der Waals surface area contributed by atoms with Crippen LogP contribution in [-0.2, 0) is 4.74 Å². The maximum absolute atomic E-state index is 12.7. The molecule has 2 saturated heterocycles. The highest BCUT2D eigenvalue weighted by atomic mass is 32.1. The van der Waals surface area contributed by atoms with Gasteiger partial charge in [0.25, 0.3) is 0 Å². The third-order valence-corrected chi connectivity index (χ3v) is 6.28. The van der Waals surface area contributed by atoms with E-state index in [2.05, 4.69) is 30.1 Å². The van der Waals surface area contributed by atoms with E-state index in [9.17, 15) is 4.79 Å². The lowest BCUT2D eigenvalue weighted by atomic mass is 10.2. The molecule has 2 aromatic heterocycles. The van der Waals surface area contributed by atoms with Gasteiger partial charge in [-0.25, -0.2) is 14.8 Å². The molecule has 31 heavy (non-hydrogen) atoms. The number of thiazole rings is 1. The number of urea groups is 1. The number of nitrogens with two attached hydrogens (primary N) is 1. The number of nitrogen functional groups attached to an aromatic ring is 1. The Labute approximate surface area is 183 Å². The summed E-state index contributed by atoms with van der Waals surface area (Å²) in [6, 6.07) is 7.87. The molecule has 2 amide bonds. The minimum Gasteiger partial charge on any atom is -0.378 e. The van der Waals surface area contributed by atoms with Gasteiger partial charge >= 0.3 is 6.03 Å². The lowest BCUT2D eigenvalue weighted by Gasteiger charge is -2.35. The molecule has 10 nitrogen and oxygen atoms in total. The van der Waals surface area contributed by atoms with Crippen LogP contribution in [0.1, 0.15) is 0 Å². The Morgan fingerprint density at radius 1 is 1.00 bits per heavy atom. The molecule has 0 radical (unpaired) electrons. The van der Waals surface area contributed by atoms with Gasteiger partial charge in [-0.1, -0.05) is 0 Å². The maximum atomic E-state index is 12.7. The van der Waals surface area contributed by atoms with Crippen LogP contribution in [0.15, 0.2) is 29.8 Å². The third-order valence-electron chi connectivity index (χ3n) is 5.56. The largest absolute Gasteiger partial charge is 0.378 e. The van der Waals surface area contributed by atoms with Crippen molar-refractivity contribution in [2.24, 2.45) is 0 Å². The van der Waals surface area contributed by atoms with Gasteiger partial charge in [-0.2, -0.15) is 4.98 Å². The second-order valence-electron chi connectivity index (χ2n) is 7.46. The van der Waals surface area contributed by atoms with Crippen molar-refractivity contribution in [2.45, 2.75) is 0 Å². The van der Waals surface area contributed by atoms with Gasteiger partial charge in [0, 0.05) is 50.6 Å². The van der Waals surface area contributed by atoms with Crippen LogP contribution < -0.4 is 20.9 Å². The van der Waals surface area contributed by atoms with Gasteiger partial charge < -0.3 is 30.5 Å². The van der Waals surface area contributed by atoms with E-state index in [4.69, 9.17) is 10.5 Å². The molecule has 2 fully saturated rings. The van der Waals surface area contributed by atoms with Crippen molar-refractivity contribution < 1.29 is 9.53 Å². The Bertz CT molecular complexity index is 1060. The van der Waals surface area contributed by atoms with Crippen molar-refractivity contribution >= 4 is 50.9 Å². The van der Waals surface area contributed by atoms with Gasteiger partial charge in [0.05, 0.1) is 18.7 Å². The summed E-state index contributed by atoms with van der Waals surface area (Å²) < 4.78 is 5.40. The monoisotopic (exact) mass is 440 g/mol. The van der Waals surface area contributed by atoms with Gasteiger partial charge in [0.1, 0.15) is 5.52 Å². The highest BCUT2D eigenvalue weighted by Gasteiger charge is 2.24. The molecule has 4 heterocycles. The first-order valence-corrected chi connectivity index (χ1v) is 11.2. The Morgan fingerprint density at radius 3 is 2.48 bits per heavy atom. The third kappa shape index (κ3) is 4.19. The number of morpholine rings is 1. The Morgan fingerprint density at radius 2 is 1.74 bits per heavy atom. The van der Waals surface area contributed by atoms with E-state index in [1.807, 2.05) is 29.2 Å². The number of hydrogen-bond donors (Lipinski definition) is 2. The van der Waals surface area contributed by atoms with E-state index >= 15 is 0 Å². The van der Waals surface area contributed by atoms with Crippen molar-refractivity contribution in [3.8, 4) is 0 Å². The minimum atomic E-state index is -0.0974. The van der Waals surface area contributed by atoms with Crippen molar-refractivity contribution in [3.05, 3.63) is 29.8 Å². The number of ether oxygens (including phenoxy) is 1. The van der Waals surface area contributed by atoms with Crippen molar-refractivity contribution in [3.63, 3.8) is 0 Å². The number of nitrogens with one attached hydrogen (secondary N) is 1. The number of amides is 2. The molecule has 2 aliphatic heterocycles. The summed E-state index contributed by atoms with van der Waals surface area (Å²) >= 11 is 1.44. The van der Waals surface area contributed by atoms with Crippen LogP contribution in [0.25, 0.3) is 10.3 Å². The number of carbonyl (C=O) groups is 1. The molecule has 5 rings (SSSR count). The smallest absolute Gasteiger partial charge is 0.321 e. The molecule has 3 N–H and O–H groups in total. The number of benzene rings is 1. The number of nitrogens with zero attached hydrogens (tertiary/aromatic N) is 6. The zero-order valence-corrected chi connectivity index (χ0v) is 17.8. The molecular formula is C20H24N8O2S. The first kappa shape index (κ1) is 19.8. The fourth-order valence-corrected chi connectivity index (χ4v) is 4.54. The normalized spacial score (nSPS) is 17.2. The first-order valence-electron chi connectivity index (χ1n) is 10.3. The van der Waals surface area contributed by atoms with Gasteiger partial charge in [0.15, 0.2) is 10.6 Å². The maximum Gasteiger partial charge on any atom is 0.321 e. The van der Waals surface area contributed by atoms with E-state index in [1.54, 1.807) is 5.51 Å². The second-order valence-corrected chi connectivity index (χ2v) is 8.30. The summed E-state index contributed by atoms with van der Waals surface area (Å²) in [5, 5.41) is 3.00. The minimum absolute atomic E-state index is 0.0974. The lowest BCUT2D eigenvalue weighted by molar-refractivity contribution is 0.122. The molecule has 162 valence electrons. The van der Waals surface area contributed by atoms with E-state index < -0.39 is 0 Å². The van der Waals surface area contributed by atoms with Gasteiger partial charge in [-0.05, 0) is 24.3 Å². The van der Waals surface area contributed by atoms with Crippen LogP contribution in [0, 0.1) is 0 Å². The summed E-state index contributed by atoms with van der Waals surface area (Å²) in [5.41, 5.74) is 10.3. The van der Waals surface area contributed by atoms with E-state index in [0.717, 1.165) is 53.8 Å². The number of aromatic nitrogens is 3. The molecule has 0 bridgehead atoms. The van der Waals surface area contributed by atoms with Crippen LogP contribution in [0.3, 0.4) is 0 Å². The number of fused-ring (bicyclic) bond motifs is 1. The fourth-order valence-electron chi connectivity index (χ4n) is 3.88.